The minimum absolute atomic E-state index is 0.0901. The molecule has 1 amide bonds. The molecule has 1 aromatic rings. The molecule has 0 saturated carbocycles. The summed E-state index contributed by atoms with van der Waals surface area (Å²) in [7, 11) is 1.57. The van der Waals surface area contributed by atoms with Gasteiger partial charge < -0.3 is 20.5 Å². The minimum atomic E-state index is -1.06. The first kappa shape index (κ1) is 15.5. The number of methoxy groups -OCH3 is 1. The summed E-state index contributed by atoms with van der Waals surface area (Å²) in [6.07, 6.45) is 1.34. The number of aromatic carboxylic acids is 1. The van der Waals surface area contributed by atoms with Crippen molar-refractivity contribution in [1.29, 1.82) is 0 Å². The highest BCUT2D eigenvalue weighted by Gasteiger charge is 2.40. The van der Waals surface area contributed by atoms with E-state index in [0.29, 0.717) is 25.1 Å². The molecule has 6 nitrogen and oxygen atoms in total. The van der Waals surface area contributed by atoms with Gasteiger partial charge in [-0.3, -0.25) is 4.79 Å². The van der Waals surface area contributed by atoms with Crippen LogP contribution in [0.15, 0.2) is 24.3 Å². The number of nitrogens with one attached hydrogen (secondary N) is 2. The predicted octanol–water partition coefficient (Wildman–Crippen LogP) is 1.34. The number of carbonyl (C=O) groups excluding carboxylic acids is 1. The van der Waals surface area contributed by atoms with Crippen molar-refractivity contribution in [1.82, 2.24) is 5.32 Å². The Balaban J connectivity index is 2.21. The maximum Gasteiger partial charge on any atom is 0.337 e. The van der Waals surface area contributed by atoms with Gasteiger partial charge in [0.15, 0.2) is 0 Å². The first-order valence-electron chi connectivity index (χ1n) is 6.92. The zero-order chi connectivity index (χ0) is 15.3. The van der Waals surface area contributed by atoms with Gasteiger partial charge in [0.1, 0.15) is 0 Å². The fraction of sp³-hybridized carbons (Fsp3) is 0.467. The molecule has 0 aliphatic carbocycles. The molecule has 21 heavy (non-hydrogen) atoms. The number of piperidine rings is 1. The molecule has 2 rings (SSSR count). The van der Waals surface area contributed by atoms with E-state index in [9.17, 15) is 14.7 Å². The lowest BCUT2D eigenvalue weighted by Crippen LogP contribution is -2.47. The normalized spacial score (nSPS) is 17.2. The number of ether oxygens (including phenoxy) is 1. The fourth-order valence-electron chi connectivity index (χ4n) is 2.65. The van der Waals surface area contributed by atoms with Crippen molar-refractivity contribution in [2.24, 2.45) is 5.41 Å². The van der Waals surface area contributed by atoms with E-state index < -0.39 is 11.4 Å². The molecule has 3 N–H and O–H groups in total. The maximum absolute atomic E-state index is 12.6. The van der Waals surface area contributed by atoms with E-state index in [-0.39, 0.29) is 11.5 Å². The van der Waals surface area contributed by atoms with E-state index in [0.717, 1.165) is 13.1 Å². The number of para-hydroxylation sites is 1. The Hall–Kier alpha value is -1.92. The molecule has 1 aliphatic heterocycles. The van der Waals surface area contributed by atoms with Crippen LogP contribution in [0.4, 0.5) is 5.69 Å². The standard InChI is InChI=1S/C15H20N2O4/c1-21-10-15(6-8-16-9-7-15)14(20)17-12-5-3-2-4-11(12)13(18)19/h2-5,16H,6-10H2,1H3,(H,17,20)(H,18,19). The second-order valence-corrected chi connectivity index (χ2v) is 5.27. The van der Waals surface area contributed by atoms with Crippen molar-refractivity contribution in [2.45, 2.75) is 12.8 Å². The Morgan fingerprint density at radius 1 is 1.33 bits per heavy atom. The number of hydrogen-bond donors (Lipinski definition) is 3. The van der Waals surface area contributed by atoms with Crippen LogP contribution in [0.1, 0.15) is 23.2 Å². The monoisotopic (exact) mass is 292 g/mol. The molecule has 1 fully saturated rings. The molecule has 0 atom stereocenters. The van der Waals surface area contributed by atoms with Crippen LogP contribution in [0.3, 0.4) is 0 Å². The van der Waals surface area contributed by atoms with Crippen molar-refractivity contribution >= 4 is 17.6 Å². The topological polar surface area (TPSA) is 87.7 Å². The van der Waals surface area contributed by atoms with E-state index >= 15 is 0 Å². The lowest BCUT2D eigenvalue weighted by Gasteiger charge is -2.35. The van der Waals surface area contributed by atoms with E-state index in [1.807, 2.05) is 0 Å². The Bertz CT molecular complexity index is 519. The smallest absolute Gasteiger partial charge is 0.337 e. The number of carboxylic acids is 1. The molecule has 0 bridgehead atoms. The van der Waals surface area contributed by atoms with Crippen LogP contribution < -0.4 is 10.6 Å². The molecule has 6 heteroatoms. The van der Waals surface area contributed by atoms with Crippen LogP contribution in [0, 0.1) is 5.41 Å². The summed E-state index contributed by atoms with van der Waals surface area (Å²) in [6.45, 7) is 1.82. The molecule has 0 unspecified atom stereocenters. The van der Waals surface area contributed by atoms with Gasteiger partial charge in [-0.05, 0) is 38.1 Å². The summed E-state index contributed by atoms with van der Waals surface area (Å²) in [5.41, 5.74) is -0.192. The van der Waals surface area contributed by atoms with Crippen LogP contribution in [0.25, 0.3) is 0 Å². The van der Waals surface area contributed by atoms with Crippen LogP contribution in [-0.2, 0) is 9.53 Å². The van der Waals surface area contributed by atoms with Gasteiger partial charge >= 0.3 is 5.97 Å². The lowest BCUT2D eigenvalue weighted by atomic mass is 9.78. The lowest BCUT2D eigenvalue weighted by molar-refractivity contribution is -0.130. The Kier molecular flexibility index (Phi) is 4.93. The van der Waals surface area contributed by atoms with Crippen molar-refractivity contribution < 1.29 is 19.4 Å². The highest BCUT2D eigenvalue weighted by molar-refractivity contribution is 6.02. The highest BCUT2D eigenvalue weighted by Crippen LogP contribution is 2.31. The number of hydrogen-bond acceptors (Lipinski definition) is 4. The fourth-order valence-corrected chi connectivity index (χ4v) is 2.65. The van der Waals surface area contributed by atoms with Gasteiger partial charge in [0, 0.05) is 7.11 Å². The van der Waals surface area contributed by atoms with Crippen molar-refractivity contribution in [3.05, 3.63) is 29.8 Å². The summed E-state index contributed by atoms with van der Waals surface area (Å²) in [4.78, 5) is 23.8. The predicted molar refractivity (Wildman–Crippen MR) is 78.4 cm³/mol. The first-order valence-corrected chi connectivity index (χ1v) is 6.92. The summed E-state index contributed by atoms with van der Waals surface area (Å²) < 4.78 is 5.22. The summed E-state index contributed by atoms with van der Waals surface area (Å²) in [5.74, 6) is -1.24. The van der Waals surface area contributed by atoms with Gasteiger partial charge in [0.2, 0.25) is 5.91 Å². The third-order valence-corrected chi connectivity index (χ3v) is 3.87. The number of amides is 1. The van der Waals surface area contributed by atoms with Gasteiger partial charge in [0.25, 0.3) is 0 Å². The molecule has 114 valence electrons. The largest absolute Gasteiger partial charge is 0.478 e. The van der Waals surface area contributed by atoms with E-state index in [1.165, 1.54) is 6.07 Å². The van der Waals surface area contributed by atoms with Crippen LogP contribution in [-0.4, -0.2) is 43.8 Å². The number of carbonyl (C=O) groups is 2. The van der Waals surface area contributed by atoms with Gasteiger partial charge in [-0.15, -0.1) is 0 Å². The van der Waals surface area contributed by atoms with Crippen molar-refractivity contribution in [3.63, 3.8) is 0 Å². The average molecular weight is 292 g/mol. The molecule has 0 radical (unpaired) electrons. The molecular weight excluding hydrogens is 272 g/mol. The maximum atomic E-state index is 12.6. The Morgan fingerprint density at radius 3 is 2.62 bits per heavy atom. The second-order valence-electron chi connectivity index (χ2n) is 5.27. The van der Waals surface area contributed by atoms with Crippen LogP contribution >= 0.6 is 0 Å². The third-order valence-electron chi connectivity index (χ3n) is 3.87. The third kappa shape index (κ3) is 3.40. The number of carboxylic acid groups (broad SMARTS) is 1. The highest BCUT2D eigenvalue weighted by atomic mass is 16.5. The first-order chi connectivity index (χ1) is 10.1. The van der Waals surface area contributed by atoms with Crippen LogP contribution in [0.2, 0.25) is 0 Å². The molecule has 0 spiro atoms. The van der Waals surface area contributed by atoms with Gasteiger partial charge in [0.05, 0.1) is 23.3 Å². The zero-order valence-electron chi connectivity index (χ0n) is 12.0. The minimum Gasteiger partial charge on any atom is -0.478 e. The Morgan fingerprint density at radius 2 is 2.00 bits per heavy atom. The molecular formula is C15H20N2O4. The molecule has 1 aromatic carbocycles. The van der Waals surface area contributed by atoms with Crippen LogP contribution in [0.5, 0.6) is 0 Å². The van der Waals surface area contributed by atoms with Gasteiger partial charge in [-0.1, -0.05) is 12.1 Å². The van der Waals surface area contributed by atoms with Gasteiger partial charge in [-0.2, -0.15) is 0 Å². The number of anilines is 1. The van der Waals surface area contributed by atoms with E-state index in [2.05, 4.69) is 10.6 Å². The van der Waals surface area contributed by atoms with E-state index in [4.69, 9.17) is 4.74 Å². The summed E-state index contributed by atoms with van der Waals surface area (Å²) in [6, 6.07) is 6.41. The number of rotatable bonds is 5. The second kappa shape index (κ2) is 6.69. The number of benzene rings is 1. The van der Waals surface area contributed by atoms with Crippen molar-refractivity contribution in [3.8, 4) is 0 Å². The summed E-state index contributed by atoms with van der Waals surface area (Å²) in [5, 5.41) is 15.1. The molecule has 0 aromatic heterocycles. The Labute approximate surface area is 123 Å². The summed E-state index contributed by atoms with van der Waals surface area (Å²) >= 11 is 0. The quantitative estimate of drug-likeness (QED) is 0.762. The molecule has 1 heterocycles. The SMILES string of the molecule is COCC1(C(=O)Nc2ccccc2C(=O)O)CCNCC1. The van der Waals surface area contributed by atoms with Gasteiger partial charge in [-0.25, -0.2) is 4.79 Å². The van der Waals surface area contributed by atoms with E-state index in [1.54, 1.807) is 25.3 Å². The molecule has 1 saturated heterocycles. The average Bonchev–Trinajstić information content (AvgIpc) is 2.49. The molecule has 1 aliphatic rings. The van der Waals surface area contributed by atoms with Crippen molar-refractivity contribution in [2.75, 3.05) is 32.1 Å². The zero-order valence-corrected chi connectivity index (χ0v) is 12.0.